The fourth-order valence-corrected chi connectivity index (χ4v) is 1.90. The number of hydrogen-bond donors (Lipinski definition) is 0. The van der Waals surface area contributed by atoms with E-state index >= 15 is 0 Å². The lowest BCUT2D eigenvalue weighted by Crippen LogP contribution is -2.18. The summed E-state index contributed by atoms with van der Waals surface area (Å²) in [5.41, 5.74) is -0.269. The third kappa shape index (κ3) is 3.23. The highest BCUT2D eigenvalue weighted by Gasteiger charge is 2.31. The lowest BCUT2D eigenvalue weighted by atomic mass is 10.2. The van der Waals surface area contributed by atoms with Crippen molar-refractivity contribution in [2.45, 2.75) is 39.0 Å². The molecule has 1 aromatic heterocycles. The summed E-state index contributed by atoms with van der Waals surface area (Å²) in [4.78, 5) is 14.8. The van der Waals surface area contributed by atoms with E-state index in [2.05, 4.69) is 16.6 Å². The fraction of sp³-hybridized carbons (Fsp3) is 0.667. The second-order valence-electron chi connectivity index (χ2n) is 3.56. The van der Waals surface area contributed by atoms with E-state index in [4.69, 9.17) is 9.47 Å². The molecule has 0 aromatic carbocycles. The molecule has 3 heterocycles. The molecule has 6 heteroatoms. The molecule has 0 saturated carbocycles. The van der Waals surface area contributed by atoms with Gasteiger partial charge in [-0.2, -0.15) is 4.98 Å². The first kappa shape index (κ1) is 15.0. The topological polar surface area (TPSA) is 53.4 Å². The maximum Gasteiger partial charge on any atom is 0.301 e. The summed E-state index contributed by atoms with van der Waals surface area (Å²) in [5.74, 6) is 0. The smallest absolute Gasteiger partial charge is 0.301 e. The molecule has 2 aliphatic heterocycles. The van der Waals surface area contributed by atoms with E-state index in [1.54, 1.807) is 10.8 Å². The van der Waals surface area contributed by atoms with E-state index in [0.29, 0.717) is 12.6 Å². The van der Waals surface area contributed by atoms with E-state index in [0.717, 1.165) is 12.8 Å². The molecule has 2 unspecified atom stereocenters. The average Bonchev–Trinajstić information content (AvgIpc) is 2.81. The Morgan fingerprint density at radius 3 is 2.83 bits per heavy atom. The van der Waals surface area contributed by atoms with Gasteiger partial charge in [0.1, 0.15) is 12.8 Å². The highest BCUT2D eigenvalue weighted by molar-refractivity contribution is 6.15. The zero-order valence-corrected chi connectivity index (χ0v) is 11.7. The summed E-state index contributed by atoms with van der Waals surface area (Å²) in [6, 6.07) is 1.80. The molecule has 2 aliphatic rings. The molecule has 102 valence electrons. The minimum Gasteiger partial charge on any atom is -0.462 e. The number of hydrogen-bond acceptors (Lipinski definition) is 4. The van der Waals surface area contributed by atoms with Gasteiger partial charge in [-0.05, 0) is 12.8 Å². The molecular weight excluding hydrogens is 256 g/mol. The molecule has 0 N–H and O–H groups in total. The van der Waals surface area contributed by atoms with E-state index in [1.165, 1.54) is 12.4 Å². The number of aromatic nitrogens is 2. The first-order chi connectivity index (χ1) is 8.83. The summed E-state index contributed by atoms with van der Waals surface area (Å²) in [6.07, 6.45) is 5.27. The first-order valence-corrected chi connectivity index (χ1v) is 6.84. The molecule has 0 radical (unpaired) electrons. The third-order valence-corrected chi connectivity index (χ3v) is 2.60. The molecule has 2 atom stereocenters. The number of nitrogens with zero attached hydrogens (tertiary/aromatic N) is 2. The van der Waals surface area contributed by atoms with Crippen LogP contribution in [0.25, 0.3) is 0 Å². The second kappa shape index (κ2) is 7.38. The van der Waals surface area contributed by atoms with Crippen LogP contribution in [-0.2, 0) is 4.74 Å². The Morgan fingerprint density at radius 1 is 1.39 bits per heavy atom. The Balaban J connectivity index is 0.000000371. The Hall–Kier alpha value is -1.07. The van der Waals surface area contributed by atoms with Crippen molar-refractivity contribution >= 4 is 11.6 Å². The van der Waals surface area contributed by atoms with Gasteiger partial charge in [0.15, 0.2) is 0 Å². The summed E-state index contributed by atoms with van der Waals surface area (Å²) >= 11 is 4.64. The molecule has 0 aliphatic carbocycles. The minimum atomic E-state index is -0.269. The van der Waals surface area contributed by atoms with Gasteiger partial charge in [-0.25, -0.2) is 0 Å². The van der Waals surface area contributed by atoms with Crippen molar-refractivity contribution in [3.63, 3.8) is 0 Å². The quantitative estimate of drug-likeness (QED) is 0.681. The highest BCUT2D eigenvalue weighted by atomic mass is 35.5. The fourth-order valence-electron chi connectivity index (χ4n) is 1.90. The van der Waals surface area contributed by atoms with Gasteiger partial charge in [0.05, 0.1) is 6.10 Å². The van der Waals surface area contributed by atoms with Crippen LogP contribution in [0.5, 0.6) is 6.01 Å². The van der Waals surface area contributed by atoms with Gasteiger partial charge in [0, 0.05) is 18.6 Å². The lowest BCUT2D eigenvalue weighted by molar-refractivity contribution is 0.00450. The molecule has 0 amide bonds. The number of ether oxygens (including phenoxy) is 2. The Bertz CT molecular complexity index is 422. The monoisotopic (exact) mass is 274 g/mol. The van der Waals surface area contributed by atoms with Gasteiger partial charge in [0.25, 0.3) is 5.56 Å². The van der Waals surface area contributed by atoms with Gasteiger partial charge in [-0.3, -0.25) is 9.36 Å². The van der Waals surface area contributed by atoms with Crippen LogP contribution in [-0.4, -0.2) is 28.6 Å². The van der Waals surface area contributed by atoms with E-state index in [-0.39, 0.29) is 17.9 Å². The number of fused-ring (bicyclic) bond motifs is 4. The van der Waals surface area contributed by atoms with Crippen molar-refractivity contribution < 1.29 is 9.47 Å². The predicted molar refractivity (Wildman–Crippen MR) is 70.3 cm³/mol. The summed E-state index contributed by atoms with van der Waals surface area (Å²) in [6.45, 7) is 4.49. The van der Waals surface area contributed by atoms with Gasteiger partial charge in [-0.1, -0.05) is 13.8 Å². The van der Waals surface area contributed by atoms with Crippen molar-refractivity contribution in [3.05, 3.63) is 22.6 Å². The molecule has 18 heavy (non-hydrogen) atoms. The highest BCUT2D eigenvalue weighted by Crippen LogP contribution is 2.32. The van der Waals surface area contributed by atoms with Crippen molar-refractivity contribution in [1.82, 2.24) is 9.55 Å². The number of alkyl halides is 1. The number of halogens is 1. The minimum absolute atomic E-state index is 0.00870. The molecule has 1 aromatic rings. The van der Waals surface area contributed by atoms with Crippen LogP contribution in [0, 0.1) is 0 Å². The Labute approximate surface area is 112 Å². The maximum atomic E-state index is 11.0. The number of rotatable bonds is 0. The first-order valence-electron chi connectivity index (χ1n) is 6.08. The third-order valence-electron chi connectivity index (χ3n) is 2.60. The lowest BCUT2D eigenvalue weighted by Gasteiger charge is -2.14. The molecular formula is C12H19ClN2O3. The van der Waals surface area contributed by atoms with Crippen molar-refractivity contribution in [2.75, 3.05) is 13.0 Å². The van der Waals surface area contributed by atoms with Gasteiger partial charge in [0.2, 0.25) is 0 Å². The van der Waals surface area contributed by atoms with Gasteiger partial charge < -0.3 is 9.47 Å². The van der Waals surface area contributed by atoms with Gasteiger partial charge in [-0.15, -0.1) is 11.6 Å². The Morgan fingerprint density at radius 2 is 2.11 bits per heavy atom. The molecule has 5 nitrogen and oxygen atoms in total. The van der Waals surface area contributed by atoms with Gasteiger partial charge >= 0.3 is 6.01 Å². The largest absolute Gasteiger partial charge is 0.462 e. The summed E-state index contributed by atoms with van der Waals surface area (Å²) in [7, 11) is 0. The maximum absolute atomic E-state index is 11.0. The zero-order valence-electron chi connectivity index (χ0n) is 10.9. The van der Waals surface area contributed by atoms with Crippen molar-refractivity contribution in [2.24, 2.45) is 0 Å². The average molecular weight is 275 g/mol. The van der Waals surface area contributed by atoms with E-state index < -0.39 is 0 Å². The van der Waals surface area contributed by atoms with Crippen molar-refractivity contribution in [1.29, 1.82) is 0 Å². The van der Waals surface area contributed by atoms with Crippen LogP contribution in [0.15, 0.2) is 17.1 Å². The molecule has 1 saturated heterocycles. The molecule has 2 bridgehead atoms. The predicted octanol–water partition coefficient (Wildman–Crippen LogP) is 2.19. The summed E-state index contributed by atoms with van der Waals surface area (Å²) < 4.78 is 12.9. The van der Waals surface area contributed by atoms with E-state index in [1.807, 2.05) is 13.8 Å². The molecule has 1 fully saturated rings. The summed E-state index contributed by atoms with van der Waals surface area (Å²) in [5, 5.41) is 0. The van der Waals surface area contributed by atoms with E-state index in [9.17, 15) is 4.79 Å². The standard InChI is InChI=1S/C9H10N2O3.C2H6.CH3Cl/c12-7-3-4-11-8-2-1-6(14-8)5-13-9(11)10-7;2*1-2/h3-4,6,8H,1-2,5H2;1-2H3;1H3. The van der Waals surface area contributed by atoms with Crippen LogP contribution >= 0.6 is 11.6 Å². The van der Waals surface area contributed by atoms with Crippen LogP contribution < -0.4 is 10.3 Å². The second-order valence-corrected chi connectivity index (χ2v) is 3.56. The normalized spacial score (nSPS) is 23.3. The SMILES string of the molecule is CC.CCl.O=c1ccn2c(n1)OCC1CCC2O1. The van der Waals surface area contributed by atoms with Crippen LogP contribution in [0.1, 0.15) is 32.9 Å². The van der Waals surface area contributed by atoms with Crippen LogP contribution in [0.2, 0.25) is 0 Å². The van der Waals surface area contributed by atoms with Crippen LogP contribution in [0.4, 0.5) is 0 Å². The zero-order chi connectivity index (χ0) is 13.5. The Kier molecular flexibility index (Phi) is 6.15. The molecule has 3 rings (SSSR count). The molecule has 0 spiro atoms. The van der Waals surface area contributed by atoms with Crippen molar-refractivity contribution in [3.8, 4) is 6.01 Å². The van der Waals surface area contributed by atoms with Crippen LogP contribution in [0.3, 0.4) is 0 Å².